The maximum absolute atomic E-state index is 12.6. The zero-order valence-electron chi connectivity index (χ0n) is 11.2. The lowest BCUT2D eigenvalue weighted by molar-refractivity contribution is -0.385. The van der Waals surface area contributed by atoms with Crippen molar-refractivity contribution >= 4 is 17.4 Å². The first-order valence-corrected chi connectivity index (χ1v) is 6.00. The monoisotopic (exact) mass is 327 g/mol. The number of anilines is 1. The number of rotatable bonds is 3. The average molecular weight is 327 g/mol. The Morgan fingerprint density at radius 2 is 2.00 bits per heavy atom. The summed E-state index contributed by atoms with van der Waals surface area (Å²) >= 11 is 0. The summed E-state index contributed by atoms with van der Waals surface area (Å²) in [6, 6.07) is 4.40. The van der Waals surface area contributed by atoms with Crippen LogP contribution in [-0.4, -0.2) is 20.9 Å². The molecule has 0 fully saturated rings. The summed E-state index contributed by atoms with van der Waals surface area (Å²) in [5.74, 6) is -2.04. The quantitative estimate of drug-likeness (QED) is 0.666. The molecule has 2 rings (SSSR count). The van der Waals surface area contributed by atoms with Crippen LogP contribution in [0.5, 0.6) is 5.75 Å². The zero-order valence-corrected chi connectivity index (χ0v) is 11.2. The van der Waals surface area contributed by atoms with E-state index in [0.29, 0.717) is 6.07 Å². The number of amides is 1. The molecule has 0 saturated carbocycles. The molecule has 0 aliphatic carbocycles. The van der Waals surface area contributed by atoms with Gasteiger partial charge >= 0.3 is 6.18 Å². The van der Waals surface area contributed by atoms with E-state index in [1.807, 2.05) is 0 Å². The van der Waals surface area contributed by atoms with E-state index in [1.165, 1.54) is 0 Å². The van der Waals surface area contributed by atoms with Gasteiger partial charge in [-0.1, -0.05) is 6.07 Å². The summed E-state index contributed by atoms with van der Waals surface area (Å²) < 4.78 is 37.8. The van der Waals surface area contributed by atoms with E-state index in [1.54, 1.807) is 0 Å². The molecule has 1 heterocycles. The van der Waals surface area contributed by atoms with Crippen LogP contribution >= 0.6 is 0 Å². The van der Waals surface area contributed by atoms with E-state index < -0.39 is 39.8 Å². The smallest absolute Gasteiger partial charge is 0.416 e. The van der Waals surface area contributed by atoms with Gasteiger partial charge in [0, 0.05) is 5.56 Å². The van der Waals surface area contributed by atoms with Gasteiger partial charge in [-0.05, 0) is 18.2 Å². The van der Waals surface area contributed by atoms with Crippen molar-refractivity contribution in [3.63, 3.8) is 0 Å². The highest BCUT2D eigenvalue weighted by Gasteiger charge is 2.31. The van der Waals surface area contributed by atoms with E-state index >= 15 is 0 Å². The lowest BCUT2D eigenvalue weighted by Crippen LogP contribution is -2.15. The fourth-order valence-electron chi connectivity index (χ4n) is 1.66. The van der Waals surface area contributed by atoms with Gasteiger partial charge in [0.15, 0.2) is 11.6 Å². The molecule has 0 saturated heterocycles. The Morgan fingerprint density at radius 1 is 1.30 bits per heavy atom. The second kappa shape index (κ2) is 5.91. The van der Waals surface area contributed by atoms with Crippen LogP contribution in [0.15, 0.2) is 36.5 Å². The first-order chi connectivity index (χ1) is 10.7. The molecule has 10 heteroatoms. The molecular formula is C13H8F3N3O4. The van der Waals surface area contributed by atoms with E-state index in [4.69, 9.17) is 0 Å². The van der Waals surface area contributed by atoms with Crippen LogP contribution in [0.3, 0.4) is 0 Å². The first kappa shape index (κ1) is 16.2. The molecule has 1 amide bonds. The number of halogens is 3. The Kier molecular flexibility index (Phi) is 4.16. The maximum Gasteiger partial charge on any atom is 0.416 e. The number of carbonyl (C=O) groups excluding carboxylic acids is 1. The van der Waals surface area contributed by atoms with Crippen LogP contribution in [0.2, 0.25) is 0 Å². The van der Waals surface area contributed by atoms with Crippen LogP contribution in [0.4, 0.5) is 24.7 Å². The van der Waals surface area contributed by atoms with Gasteiger partial charge in [-0.2, -0.15) is 13.2 Å². The van der Waals surface area contributed by atoms with Crippen molar-refractivity contribution < 1.29 is 28.0 Å². The molecule has 1 aromatic heterocycles. The average Bonchev–Trinajstić information content (AvgIpc) is 2.48. The minimum Gasteiger partial charge on any atom is -0.504 e. The molecule has 23 heavy (non-hydrogen) atoms. The predicted octanol–water partition coefficient (Wildman–Crippen LogP) is 2.97. The summed E-state index contributed by atoms with van der Waals surface area (Å²) in [6.45, 7) is 0. The molecule has 0 radical (unpaired) electrons. The number of nitro groups is 1. The topological polar surface area (TPSA) is 105 Å². The van der Waals surface area contributed by atoms with Crippen LogP contribution < -0.4 is 5.32 Å². The number of alkyl halides is 3. The molecule has 0 aliphatic heterocycles. The zero-order chi connectivity index (χ0) is 17.2. The lowest BCUT2D eigenvalue weighted by Gasteiger charge is -2.09. The number of benzene rings is 1. The summed E-state index contributed by atoms with van der Waals surface area (Å²) in [5.41, 5.74) is -1.81. The molecule has 1 aromatic carbocycles. The first-order valence-electron chi connectivity index (χ1n) is 6.00. The molecule has 120 valence electrons. The van der Waals surface area contributed by atoms with Crippen molar-refractivity contribution in [3.05, 3.63) is 57.8 Å². The van der Waals surface area contributed by atoms with Crippen LogP contribution in [0.1, 0.15) is 15.9 Å². The molecular weight excluding hydrogens is 319 g/mol. The number of pyridine rings is 1. The highest BCUT2D eigenvalue weighted by Crippen LogP contribution is 2.30. The third-order valence-corrected chi connectivity index (χ3v) is 2.75. The van der Waals surface area contributed by atoms with Crippen LogP contribution in [0, 0.1) is 10.1 Å². The number of nitrogens with zero attached hydrogens (tertiary/aromatic N) is 2. The molecule has 0 spiro atoms. The van der Waals surface area contributed by atoms with E-state index in [-0.39, 0.29) is 5.56 Å². The lowest BCUT2D eigenvalue weighted by atomic mass is 10.1. The number of hydrogen-bond donors (Lipinski definition) is 2. The minimum absolute atomic E-state index is 0.306. The Morgan fingerprint density at radius 3 is 2.57 bits per heavy atom. The molecule has 2 aromatic rings. The van der Waals surface area contributed by atoms with Gasteiger partial charge in [0.2, 0.25) is 0 Å². The SMILES string of the molecule is O=C(Nc1ncc([N+](=O)[O-])cc1O)c1cccc(C(F)(F)F)c1. The molecule has 0 aliphatic rings. The van der Waals surface area contributed by atoms with Gasteiger partial charge in [0.25, 0.3) is 11.6 Å². The van der Waals surface area contributed by atoms with Crippen molar-refractivity contribution in [3.8, 4) is 5.75 Å². The fraction of sp³-hybridized carbons (Fsp3) is 0.0769. The van der Waals surface area contributed by atoms with Gasteiger partial charge < -0.3 is 10.4 Å². The third-order valence-electron chi connectivity index (χ3n) is 2.75. The van der Waals surface area contributed by atoms with Crippen molar-refractivity contribution in [2.45, 2.75) is 6.18 Å². The van der Waals surface area contributed by atoms with E-state index in [0.717, 1.165) is 30.5 Å². The number of aromatic hydroxyl groups is 1. The van der Waals surface area contributed by atoms with Crippen molar-refractivity contribution in [2.24, 2.45) is 0 Å². The van der Waals surface area contributed by atoms with Crippen molar-refractivity contribution in [1.29, 1.82) is 0 Å². The molecule has 2 N–H and O–H groups in total. The van der Waals surface area contributed by atoms with Crippen molar-refractivity contribution in [1.82, 2.24) is 4.98 Å². The summed E-state index contributed by atoms with van der Waals surface area (Å²) in [7, 11) is 0. The Hall–Kier alpha value is -3.17. The molecule has 0 unspecified atom stereocenters. The normalized spacial score (nSPS) is 11.1. The number of aromatic nitrogens is 1. The summed E-state index contributed by atoms with van der Waals surface area (Å²) in [6.07, 6.45) is -3.81. The highest BCUT2D eigenvalue weighted by atomic mass is 19.4. The maximum atomic E-state index is 12.6. The van der Waals surface area contributed by atoms with Gasteiger partial charge in [-0.3, -0.25) is 14.9 Å². The van der Waals surface area contributed by atoms with Crippen molar-refractivity contribution in [2.75, 3.05) is 5.32 Å². The predicted molar refractivity (Wildman–Crippen MR) is 72.0 cm³/mol. The number of nitrogens with one attached hydrogen (secondary N) is 1. The Balaban J connectivity index is 2.24. The largest absolute Gasteiger partial charge is 0.504 e. The van der Waals surface area contributed by atoms with E-state index in [9.17, 15) is 33.2 Å². The molecule has 0 atom stereocenters. The van der Waals surface area contributed by atoms with Gasteiger partial charge in [0.05, 0.1) is 16.6 Å². The van der Waals surface area contributed by atoms with Gasteiger partial charge in [-0.25, -0.2) is 4.98 Å². The summed E-state index contributed by atoms with van der Waals surface area (Å²) in [5, 5.41) is 22.1. The van der Waals surface area contributed by atoms with Crippen LogP contribution in [0.25, 0.3) is 0 Å². The number of carbonyl (C=O) groups is 1. The second-order valence-corrected chi connectivity index (χ2v) is 4.35. The van der Waals surface area contributed by atoms with Gasteiger partial charge in [0.1, 0.15) is 6.20 Å². The van der Waals surface area contributed by atoms with Gasteiger partial charge in [-0.15, -0.1) is 0 Å². The molecule has 0 bridgehead atoms. The minimum atomic E-state index is -4.61. The van der Waals surface area contributed by atoms with Crippen LogP contribution in [-0.2, 0) is 6.18 Å². The number of hydrogen-bond acceptors (Lipinski definition) is 5. The Bertz CT molecular complexity index is 777. The van der Waals surface area contributed by atoms with E-state index in [2.05, 4.69) is 10.3 Å². The third kappa shape index (κ3) is 3.73. The fourth-order valence-corrected chi connectivity index (χ4v) is 1.66. The Labute approximate surface area is 126 Å². The second-order valence-electron chi connectivity index (χ2n) is 4.35. The highest BCUT2D eigenvalue weighted by molar-refractivity contribution is 6.04. The molecule has 7 nitrogen and oxygen atoms in total. The summed E-state index contributed by atoms with van der Waals surface area (Å²) in [4.78, 5) is 25.1. The standard InChI is InChI=1S/C13H8F3N3O4/c14-13(15,16)8-3-1-2-7(4-8)12(21)18-11-10(20)5-9(6-17-11)19(22)23/h1-6,20H,(H,17,18,21).